The number of thiophene rings is 1. The van der Waals surface area contributed by atoms with Crippen molar-refractivity contribution in [3.63, 3.8) is 0 Å². The number of hydrogen-bond donors (Lipinski definition) is 2. The van der Waals surface area contributed by atoms with Crippen LogP contribution in [-0.4, -0.2) is 23.9 Å². The van der Waals surface area contributed by atoms with E-state index in [-0.39, 0.29) is 11.9 Å². The van der Waals surface area contributed by atoms with Crippen molar-refractivity contribution in [2.24, 2.45) is 0 Å². The predicted molar refractivity (Wildman–Crippen MR) is 89.8 cm³/mol. The van der Waals surface area contributed by atoms with E-state index in [4.69, 9.17) is 4.74 Å². The fourth-order valence-corrected chi connectivity index (χ4v) is 3.19. The van der Waals surface area contributed by atoms with Crippen LogP contribution in [0, 0.1) is 5.82 Å². The van der Waals surface area contributed by atoms with Crippen molar-refractivity contribution in [2.75, 3.05) is 13.7 Å². The van der Waals surface area contributed by atoms with Crippen LogP contribution < -0.4 is 5.32 Å². The highest BCUT2D eigenvalue weighted by atomic mass is 32.1. The molecule has 6 heteroatoms. The molecule has 120 valence electrons. The lowest BCUT2D eigenvalue weighted by Gasteiger charge is -2.16. The zero-order chi connectivity index (χ0) is 16.1. The maximum atomic E-state index is 13.0. The molecule has 0 fully saturated rings. The van der Waals surface area contributed by atoms with E-state index in [2.05, 4.69) is 21.6 Å². The quantitative estimate of drug-likeness (QED) is 0.693. The Labute approximate surface area is 138 Å². The van der Waals surface area contributed by atoms with E-state index in [1.165, 1.54) is 17.0 Å². The molecule has 3 aromatic rings. The lowest BCUT2D eigenvalue weighted by atomic mass is 10.1. The Hall–Kier alpha value is -2.02. The van der Waals surface area contributed by atoms with Gasteiger partial charge in [-0.05, 0) is 29.1 Å². The first-order valence-corrected chi connectivity index (χ1v) is 8.21. The van der Waals surface area contributed by atoms with Gasteiger partial charge in [-0.1, -0.05) is 18.2 Å². The van der Waals surface area contributed by atoms with Gasteiger partial charge in [-0.2, -0.15) is 5.10 Å². The fraction of sp³-hybridized carbons (Fsp3) is 0.235. The number of benzene rings is 1. The van der Waals surface area contributed by atoms with Crippen LogP contribution in [0.5, 0.6) is 0 Å². The van der Waals surface area contributed by atoms with Gasteiger partial charge < -0.3 is 10.1 Å². The summed E-state index contributed by atoms with van der Waals surface area (Å²) in [7, 11) is 1.66. The summed E-state index contributed by atoms with van der Waals surface area (Å²) in [6, 6.07) is 10.5. The molecule has 0 saturated heterocycles. The third kappa shape index (κ3) is 3.85. The number of halogens is 1. The van der Waals surface area contributed by atoms with Crippen molar-refractivity contribution >= 4 is 11.3 Å². The standard InChI is InChI=1S/C17H18FN3OS/c1-22-15(12-4-6-14(18)7-5-12)11-19-9-13-10-20-21-17(13)16-3-2-8-23-16/h2-8,10,15,19H,9,11H2,1H3,(H,20,21). The number of rotatable bonds is 7. The van der Waals surface area contributed by atoms with Crippen molar-refractivity contribution in [1.29, 1.82) is 0 Å². The Morgan fingerprint density at radius 1 is 1.30 bits per heavy atom. The smallest absolute Gasteiger partial charge is 0.123 e. The minimum absolute atomic E-state index is 0.118. The first kappa shape index (κ1) is 15.9. The van der Waals surface area contributed by atoms with Crippen LogP contribution in [0.4, 0.5) is 4.39 Å². The van der Waals surface area contributed by atoms with Gasteiger partial charge in [0.05, 0.1) is 22.9 Å². The van der Waals surface area contributed by atoms with Gasteiger partial charge in [0.2, 0.25) is 0 Å². The zero-order valence-electron chi connectivity index (χ0n) is 12.8. The maximum Gasteiger partial charge on any atom is 0.123 e. The van der Waals surface area contributed by atoms with Gasteiger partial charge in [0.15, 0.2) is 0 Å². The Morgan fingerprint density at radius 2 is 2.13 bits per heavy atom. The molecule has 0 aliphatic heterocycles. The van der Waals surface area contributed by atoms with Crippen molar-refractivity contribution in [3.8, 4) is 10.6 Å². The van der Waals surface area contributed by atoms with Gasteiger partial charge in [0.25, 0.3) is 0 Å². The van der Waals surface area contributed by atoms with Crippen molar-refractivity contribution in [1.82, 2.24) is 15.5 Å². The topological polar surface area (TPSA) is 49.9 Å². The Balaban J connectivity index is 1.61. The average molecular weight is 331 g/mol. The predicted octanol–water partition coefficient (Wildman–Crippen LogP) is 3.75. The second-order valence-electron chi connectivity index (χ2n) is 5.15. The SMILES string of the molecule is COC(CNCc1cn[nH]c1-c1cccs1)c1ccc(F)cc1. The van der Waals surface area contributed by atoms with Gasteiger partial charge in [0.1, 0.15) is 5.82 Å². The number of ether oxygens (including phenoxy) is 1. The molecule has 0 saturated carbocycles. The van der Waals surface area contributed by atoms with E-state index >= 15 is 0 Å². The third-order valence-electron chi connectivity index (χ3n) is 3.66. The van der Waals surface area contributed by atoms with Crippen molar-refractivity contribution in [2.45, 2.75) is 12.6 Å². The highest BCUT2D eigenvalue weighted by molar-refractivity contribution is 7.13. The van der Waals surface area contributed by atoms with Crippen LogP contribution in [0.25, 0.3) is 10.6 Å². The molecule has 2 N–H and O–H groups in total. The Kier molecular flexibility index (Phi) is 5.17. The number of H-pyrrole nitrogens is 1. The van der Waals surface area contributed by atoms with Gasteiger partial charge in [-0.25, -0.2) is 4.39 Å². The highest BCUT2D eigenvalue weighted by Crippen LogP contribution is 2.25. The number of nitrogens with zero attached hydrogens (tertiary/aromatic N) is 1. The number of nitrogens with one attached hydrogen (secondary N) is 2. The molecule has 4 nitrogen and oxygen atoms in total. The molecule has 1 unspecified atom stereocenters. The summed E-state index contributed by atoms with van der Waals surface area (Å²) >= 11 is 1.68. The van der Waals surface area contributed by atoms with E-state index in [1.807, 2.05) is 17.6 Å². The van der Waals surface area contributed by atoms with Gasteiger partial charge in [-0.3, -0.25) is 5.10 Å². The molecule has 0 radical (unpaired) electrons. The molecule has 0 amide bonds. The first-order valence-electron chi connectivity index (χ1n) is 7.33. The molecule has 0 aliphatic carbocycles. The van der Waals surface area contributed by atoms with Crippen LogP contribution >= 0.6 is 11.3 Å². The van der Waals surface area contributed by atoms with Gasteiger partial charge >= 0.3 is 0 Å². The Bertz CT molecular complexity index is 725. The van der Waals surface area contributed by atoms with Crippen molar-refractivity contribution in [3.05, 3.63) is 64.9 Å². The molecule has 0 aliphatic rings. The first-order chi connectivity index (χ1) is 11.3. The molecule has 2 aromatic heterocycles. The van der Waals surface area contributed by atoms with Gasteiger partial charge in [0, 0.05) is 25.8 Å². The molecule has 23 heavy (non-hydrogen) atoms. The van der Waals surface area contributed by atoms with Crippen molar-refractivity contribution < 1.29 is 9.13 Å². The number of aromatic nitrogens is 2. The second-order valence-corrected chi connectivity index (χ2v) is 6.10. The lowest BCUT2D eigenvalue weighted by Crippen LogP contribution is -2.22. The van der Waals surface area contributed by atoms with Crippen LogP contribution in [0.1, 0.15) is 17.2 Å². The number of aromatic amines is 1. The summed E-state index contributed by atoms with van der Waals surface area (Å²) in [5.74, 6) is -0.240. The summed E-state index contributed by atoms with van der Waals surface area (Å²) in [5.41, 5.74) is 3.11. The molecule has 1 atom stereocenters. The normalized spacial score (nSPS) is 12.4. The monoisotopic (exact) mass is 331 g/mol. The van der Waals surface area contributed by atoms with Crippen LogP contribution in [0.2, 0.25) is 0 Å². The summed E-state index contributed by atoms with van der Waals surface area (Å²) in [4.78, 5) is 1.17. The summed E-state index contributed by atoms with van der Waals surface area (Å²) in [6.07, 6.45) is 1.72. The van der Waals surface area contributed by atoms with E-state index < -0.39 is 0 Å². The summed E-state index contributed by atoms with van der Waals surface area (Å²) in [5, 5.41) is 12.6. The third-order valence-corrected chi connectivity index (χ3v) is 4.54. The molecule has 3 rings (SSSR count). The van der Waals surface area contributed by atoms with Gasteiger partial charge in [-0.15, -0.1) is 11.3 Å². The second kappa shape index (κ2) is 7.50. The van der Waals surface area contributed by atoms with Crippen LogP contribution in [-0.2, 0) is 11.3 Å². The maximum absolute atomic E-state index is 13.0. The summed E-state index contributed by atoms with van der Waals surface area (Å²) in [6.45, 7) is 1.32. The zero-order valence-corrected chi connectivity index (χ0v) is 13.6. The van der Waals surface area contributed by atoms with Crippen LogP contribution in [0.3, 0.4) is 0 Å². The molecule has 2 heterocycles. The average Bonchev–Trinajstić information content (AvgIpc) is 3.23. The number of methoxy groups -OCH3 is 1. The summed E-state index contributed by atoms with van der Waals surface area (Å²) < 4.78 is 18.5. The molecular weight excluding hydrogens is 313 g/mol. The highest BCUT2D eigenvalue weighted by Gasteiger charge is 2.12. The van der Waals surface area contributed by atoms with E-state index in [1.54, 1.807) is 30.6 Å². The van der Waals surface area contributed by atoms with E-state index in [0.29, 0.717) is 13.1 Å². The van der Waals surface area contributed by atoms with E-state index in [9.17, 15) is 4.39 Å². The largest absolute Gasteiger partial charge is 0.375 e. The van der Waals surface area contributed by atoms with Crippen LogP contribution in [0.15, 0.2) is 48.0 Å². The molecule has 0 bridgehead atoms. The molecule has 0 spiro atoms. The number of hydrogen-bond acceptors (Lipinski definition) is 4. The van der Waals surface area contributed by atoms with E-state index in [0.717, 1.165) is 16.8 Å². The molecular formula is C17H18FN3OS. The molecule has 1 aromatic carbocycles. The fourth-order valence-electron chi connectivity index (χ4n) is 2.43. The minimum Gasteiger partial charge on any atom is -0.375 e. The minimum atomic E-state index is -0.240. The Morgan fingerprint density at radius 3 is 2.83 bits per heavy atom. The lowest BCUT2D eigenvalue weighted by molar-refractivity contribution is 0.102.